The summed E-state index contributed by atoms with van der Waals surface area (Å²) in [6, 6.07) is 11.7. The Balaban J connectivity index is 1.53. The maximum absolute atomic E-state index is 12.8. The van der Waals surface area contributed by atoms with Crippen molar-refractivity contribution < 1.29 is 32.5 Å². The van der Waals surface area contributed by atoms with Crippen LogP contribution in [0, 0.1) is 11.8 Å². The number of hydrogen-bond donors (Lipinski definition) is 2. The number of hydrogen-bond acceptors (Lipinski definition) is 5. The minimum atomic E-state index is -4.77. The number of ether oxygens (including phenoxy) is 2. The Hall–Kier alpha value is -3.27. The lowest BCUT2D eigenvalue weighted by Gasteiger charge is -2.38. The van der Waals surface area contributed by atoms with E-state index in [0.717, 1.165) is 11.3 Å². The first-order valence-corrected chi connectivity index (χ1v) is 11.0. The Labute approximate surface area is 194 Å². The number of nitrogens with zero attached hydrogens (tertiary/aromatic N) is 2. The number of para-hydroxylation sites is 2. The fraction of sp³-hybridized carbons (Fsp3) is 0.417. The Kier molecular flexibility index (Phi) is 6.97. The summed E-state index contributed by atoms with van der Waals surface area (Å²) in [5.41, 5.74) is 1.97. The molecule has 0 spiro atoms. The van der Waals surface area contributed by atoms with Crippen molar-refractivity contribution in [2.24, 2.45) is 11.8 Å². The number of fused-ring (bicyclic) bond motifs is 1. The van der Waals surface area contributed by atoms with Gasteiger partial charge in [0.1, 0.15) is 22.8 Å². The molecule has 2 heterocycles. The van der Waals surface area contributed by atoms with Gasteiger partial charge in [-0.3, -0.25) is 9.69 Å². The van der Waals surface area contributed by atoms with Gasteiger partial charge in [0.05, 0.1) is 12.6 Å². The standard InChI is InChI=1S/C24H26F3N3O4/c1-33-20-8-4-6-18-23(20)29-21(28-18)11-17-14-30(10-9-15(17)12-22(31)32)13-16-5-2-3-7-19(16)34-24(25,26)27/h2-8,15,17H,9-14H2,1H3,(H,28,29)(H,31,32)/t15-,17-/m0/s1. The molecule has 4 rings (SSSR count). The van der Waals surface area contributed by atoms with Gasteiger partial charge in [-0.25, -0.2) is 4.98 Å². The molecule has 0 radical (unpaired) electrons. The molecular weight excluding hydrogens is 451 g/mol. The fourth-order valence-electron chi connectivity index (χ4n) is 4.69. The van der Waals surface area contributed by atoms with Crippen LogP contribution in [0.2, 0.25) is 0 Å². The van der Waals surface area contributed by atoms with E-state index in [1.807, 2.05) is 23.1 Å². The van der Waals surface area contributed by atoms with Gasteiger partial charge in [0.2, 0.25) is 0 Å². The lowest BCUT2D eigenvalue weighted by molar-refractivity contribution is -0.275. The lowest BCUT2D eigenvalue weighted by atomic mass is 9.81. The number of likely N-dealkylation sites (tertiary alicyclic amines) is 1. The van der Waals surface area contributed by atoms with Crippen molar-refractivity contribution in [1.82, 2.24) is 14.9 Å². The molecule has 1 aromatic heterocycles. The molecule has 0 aliphatic carbocycles. The van der Waals surface area contributed by atoms with Crippen molar-refractivity contribution in [2.75, 3.05) is 20.2 Å². The Morgan fingerprint density at radius 2 is 1.94 bits per heavy atom. The number of benzene rings is 2. The number of aromatic nitrogens is 2. The van der Waals surface area contributed by atoms with Gasteiger partial charge >= 0.3 is 12.3 Å². The van der Waals surface area contributed by atoms with E-state index in [1.165, 1.54) is 12.1 Å². The smallest absolute Gasteiger partial charge is 0.494 e. The average Bonchev–Trinajstić information content (AvgIpc) is 3.18. The van der Waals surface area contributed by atoms with Crippen LogP contribution < -0.4 is 9.47 Å². The van der Waals surface area contributed by atoms with Crippen molar-refractivity contribution in [3.63, 3.8) is 0 Å². The van der Waals surface area contributed by atoms with Gasteiger partial charge in [-0.05, 0) is 43.0 Å². The van der Waals surface area contributed by atoms with Crippen LogP contribution in [0.15, 0.2) is 42.5 Å². The number of nitrogens with one attached hydrogen (secondary N) is 1. The number of carboxylic acid groups (broad SMARTS) is 1. The van der Waals surface area contributed by atoms with Crippen molar-refractivity contribution in [3.8, 4) is 11.5 Å². The quantitative estimate of drug-likeness (QED) is 0.492. The van der Waals surface area contributed by atoms with Crippen molar-refractivity contribution in [2.45, 2.75) is 32.2 Å². The van der Waals surface area contributed by atoms with Crippen molar-refractivity contribution in [3.05, 3.63) is 53.9 Å². The molecule has 0 saturated carbocycles. The third kappa shape index (κ3) is 5.80. The summed E-state index contributed by atoms with van der Waals surface area (Å²) in [6.45, 7) is 1.39. The van der Waals surface area contributed by atoms with Crippen LogP contribution in [0.3, 0.4) is 0 Å². The van der Waals surface area contributed by atoms with E-state index in [0.29, 0.717) is 42.8 Å². The number of methoxy groups -OCH3 is 1. The summed E-state index contributed by atoms with van der Waals surface area (Å²) < 4.78 is 48.0. The predicted octanol–water partition coefficient (Wildman–Crippen LogP) is 4.63. The van der Waals surface area contributed by atoms with Crippen LogP contribution in [-0.2, 0) is 17.8 Å². The molecule has 3 aromatic rings. The minimum Gasteiger partial charge on any atom is -0.494 e. The molecule has 7 nitrogen and oxygen atoms in total. The van der Waals surface area contributed by atoms with Crippen LogP contribution in [0.1, 0.15) is 24.2 Å². The highest BCUT2D eigenvalue weighted by Crippen LogP contribution is 2.33. The van der Waals surface area contributed by atoms with Gasteiger partial charge in [-0.1, -0.05) is 24.3 Å². The van der Waals surface area contributed by atoms with E-state index in [-0.39, 0.29) is 30.6 Å². The van der Waals surface area contributed by atoms with Gasteiger partial charge in [0.25, 0.3) is 0 Å². The number of rotatable bonds is 8. The number of H-pyrrole nitrogens is 1. The van der Waals surface area contributed by atoms with E-state index in [4.69, 9.17) is 4.74 Å². The zero-order chi connectivity index (χ0) is 24.3. The number of piperidine rings is 1. The lowest BCUT2D eigenvalue weighted by Crippen LogP contribution is -2.41. The molecule has 2 aromatic carbocycles. The largest absolute Gasteiger partial charge is 0.573 e. The summed E-state index contributed by atoms with van der Waals surface area (Å²) in [6.07, 6.45) is -3.58. The first-order valence-electron chi connectivity index (χ1n) is 11.0. The van der Waals surface area contributed by atoms with E-state index in [9.17, 15) is 23.1 Å². The highest BCUT2D eigenvalue weighted by molar-refractivity contribution is 5.81. The zero-order valence-corrected chi connectivity index (χ0v) is 18.6. The van der Waals surface area contributed by atoms with Gasteiger partial charge in [-0.15, -0.1) is 13.2 Å². The summed E-state index contributed by atoms with van der Waals surface area (Å²) in [7, 11) is 1.57. The molecule has 0 bridgehead atoms. The fourth-order valence-corrected chi connectivity index (χ4v) is 4.69. The van der Waals surface area contributed by atoms with Crippen LogP contribution in [0.5, 0.6) is 11.5 Å². The number of imidazole rings is 1. The maximum atomic E-state index is 12.8. The summed E-state index contributed by atoms with van der Waals surface area (Å²) in [5.74, 6) is 0.191. The SMILES string of the molecule is COc1cccc2[nH]c(C[C@H]3CN(Cc4ccccc4OC(F)(F)F)CC[C@H]3CC(=O)O)nc12. The van der Waals surface area contributed by atoms with Crippen LogP contribution in [-0.4, -0.2) is 52.5 Å². The number of carbonyl (C=O) groups is 1. The molecule has 10 heteroatoms. The van der Waals surface area contributed by atoms with Gasteiger partial charge in [0, 0.05) is 31.5 Å². The molecule has 0 amide bonds. The van der Waals surface area contributed by atoms with Crippen LogP contribution in [0.25, 0.3) is 11.0 Å². The van der Waals surface area contributed by atoms with Gasteiger partial charge in [-0.2, -0.15) is 0 Å². The topological polar surface area (TPSA) is 87.7 Å². The van der Waals surface area contributed by atoms with E-state index >= 15 is 0 Å². The Morgan fingerprint density at radius 3 is 2.68 bits per heavy atom. The van der Waals surface area contributed by atoms with E-state index in [2.05, 4.69) is 14.7 Å². The van der Waals surface area contributed by atoms with Crippen molar-refractivity contribution >= 4 is 17.0 Å². The number of aromatic amines is 1. The molecule has 1 aliphatic rings. The minimum absolute atomic E-state index is 0.0351. The van der Waals surface area contributed by atoms with E-state index < -0.39 is 12.3 Å². The Morgan fingerprint density at radius 1 is 1.18 bits per heavy atom. The third-order valence-electron chi connectivity index (χ3n) is 6.20. The van der Waals surface area contributed by atoms with Crippen LogP contribution in [0.4, 0.5) is 13.2 Å². The first kappa shape index (κ1) is 23.9. The van der Waals surface area contributed by atoms with Crippen molar-refractivity contribution in [1.29, 1.82) is 0 Å². The number of halogens is 3. The molecule has 1 fully saturated rings. The summed E-state index contributed by atoms with van der Waals surface area (Å²) in [5, 5.41) is 9.40. The molecule has 0 unspecified atom stereocenters. The second kappa shape index (κ2) is 9.92. The first-order chi connectivity index (χ1) is 16.2. The highest BCUT2D eigenvalue weighted by Gasteiger charge is 2.34. The molecule has 1 saturated heterocycles. The second-order valence-electron chi connectivity index (χ2n) is 8.54. The number of carboxylic acids is 1. The molecule has 2 N–H and O–H groups in total. The highest BCUT2D eigenvalue weighted by atomic mass is 19.4. The summed E-state index contributed by atoms with van der Waals surface area (Å²) in [4.78, 5) is 21.5. The molecule has 1 aliphatic heterocycles. The zero-order valence-electron chi connectivity index (χ0n) is 18.6. The average molecular weight is 477 g/mol. The van der Waals surface area contributed by atoms with E-state index in [1.54, 1.807) is 19.2 Å². The Bertz CT molecular complexity index is 1150. The molecule has 34 heavy (non-hydrogen) atoms. The monoisotopic (exact) mass is 477 g/mol. The third-order valence-corrected chi connectivity index (χ3v) is 6.20. The molecular formula is C24H26F3N3O4. The maximum Gasteiger partial charge on any atom is 0.573 e. The second-order valence-corrected chi connectivity index (χ2v) is 8.54. The summed E-state index contributed by atoms with van der Waals surface area (Å²) >= 11 is 0. The number of alkyl halides is 3. The molecule has 182 valence electrons. The molecule has 2 atom stereocenters. The normalized spacial score (nSPS) is 19.3. The van der Waals surface area contributed by atoms with Gasteiger partial charge < -0.3 is 19.6 Å². The van der Waals surface area contributed by atoms with Crippen LogP contribution >= 0.6 is 0 Å². The number of aliphatic carboxylic acids is 1. The van der Waals surface area contributed by atoms with Gasteiger partial charge in [0.15, 0.2) is 0 Å². The predicted molar refractivity (Wildman–Crippen MR) is 119 cm³/mol.